The Morgan fingerprint density at radius 1 is 1.03 bits per heavy atom. The lowest BCUT2D eigenvalue weighted by Gasteiger charge is -2.27. The fourth-order valence-corrected chi connectivity index (χ4v) is 5.14. The number of hydrogen-bond acceptors (Lipinski definition) is 6. The van der Waals surface area contributed by atoms with Crippen molar-refractivity contribution in [1.29, 1.82) is 0 Å². The number of hydrogen-bond donors (Lipinski definition) is 2. The van der Waals surface area contributed by atoms with Crippen LogP contribution in [0.15, 0.2) is 48.5 Å². The van der Waals surface area contributed by atoms with Gasteiger partial charge in [0, 0.05) is 55.4 Å². The Kier molecular flexibility index (Phi) is 5.06. The summed E-state index contributed by atoms with van der Waals surface area (Å²) in [5.41, 5.74) is 3.96. The van der Waals surface area contributed by atoms with Crippen LogP contribution >= 0.6 is 0 Å². The van der Waals surface area contributed by atoms with Gasteiger partial charge in [-0.15, -0.1) is 0 Å². The predicted molar refractivity (Wildman–Crippen MR) is 128 cm³/mol. The number of nitrogens with zero attached hydrogens (tertiary/aromatic N) is 2. The number of anilines is 1. The van der Waals surface area contributed by atoms with Gasteiger partial charge in [-0.1, -0.05) is 0 Å². The van der Waals surface area contributed by atoms with E-state index in [1.807, 2.05) is 24.3 Å². The van der Waals surface area contributed by atoms with Crippen LogP contribution in [0.25, 0.3) is 22.2 Å². The number of fused-ring (bicyclic) bond motifs is 2. The Labute approximate surface area is 193 Å². The third-order valence-corrected chi connectivity index (χ3v) is 7.12. The molecule has 4 heterocycles. The topological polar surface area (TPSA) is 75.7 Å². The van der Waals surface area contributed by atoms with Gasteiger partial charge in [-0.3, -0.25) is 4.79 Å². The van der Waals surface area contributed by atoms with Gasteiger partial charge in [0.1, 0.15) is 17.6 Å². The Morgan fingerprint density at radius 3 is 2.58 bits per heavy atom. The first kappa shape index (κ1) is 20.3. The molecule has 3 saturated heterocycles. The molecule has 6 rings (SSSR count). The Hall–Kier alpha value is -3.32. The highest BCUT2D eigenvalue weighted by Gasteiger charge is 2.40. The number of carbonyl (C=O) groups excluding carboxylic acids is 1. The largest absolute Gasteiger partial charge is 0.497 e. The van der Waals surface area contributed by atoms with E-state index in [-0.39, 0.29) is 17.9 Å². The van der Waals surface area contributed by atoms with Crippen molar-refractivity contribution >= 4 is 22.5 Å². The van der Waals surface area contributed by atoms with Crippen LogP contribution in [-0.4, -0.2) is 56.8 Å². The minimum Gasteiger partial charge on any atom is -0.497 e. The van der Waals surface area contributed by atoms with E-state index >= 15 is 0 Å². The van der Waals surface area contributed by atoms with Gasteiger partial charge in [-0.25, -0.2) is 4.98 Å². The molecule has 0 aliphatic carbocycles. The number of ether oxygens (including phenoxy) is 2. The van der Waals surface area contributed by atoms with Crippen molar-refractivity contribution in [2.24, 2.45) is 11.8 Å². The molecule has 3 aliphatic heterocycles. The molecule has 1 aromatic heterocycles. The third kappa shape index (κ3) is 3.76. The highest BCUT2D eigenvalue weighted by atomic mass is 16.5. The van der Waals surface area contributed by atoms with Crippen LogP contribution in [0.2, 0.25) is 0 Å². The van der Waals surface area contributed by atoms with Crippen LogP contribution in [0, 0.1) is 11.8 Å². The van der Waals surface area contributed by atoms with Gasteiger partial charge < -0.3 is 25.0 Å². The molecule has 3 aliphatic rings. The molecule has 2 N–H and O–H groups in total. The standard InChI is InChI=1S/C26H28N4O3/c1-32-19-6-7-21-24(10-19)29-23(16-2-4-18(5-3-16)33-20-12-27-13-20)11-25(21)30-14-17-8-9-28-26(31)22(17)15-30/h2-7,10-11,17,20,22,27H,8-9,12-15H2,1H3,(H,28,31). The van der Waals surface area contributed by atoms with E-state index in [0.717, 1.165) is 78.5 Å². The SMILES string of the molecule is COc1ccc2c(N3CC4CCNC(=O)C4C3)cc(-c3ccc(OC4CNC4)cc3)nc2c1. The van der Waals surface area contributed by atoms with Gasteiger partial charge in [0.2, 0.25) is 5.91 Å². The second-order valence-corrected chi connectivity index (χ2v) is 9.18. The molecular weight excluding hydrogens is 416 g/mol. The average Bonchev–Trinajstić information content (AvgIpc) is 3.26. The van der Waals surface area contributed by atoms with E-state index in [1.54, 1.807) is 7.11 Å². The smallest absolute Gasteiger partial charge is 0.225 e. The fraction of sp³-hybridized carbons (Fsp3) is 0.385. The second-order valence-electron chi connectivity index (χ2n) is 9.18. The summed E-state index contributed by atoms with van der Waals surface area (Å²) in [5, 5.41) is 7.34. The molecule has 0 radical (unpaired) electrons. The molecule has 0 bridgehead atoms. The number of methoxy groups -OCH3 is 1. The molecule has 0 spiro atoms. The van der Waals surface area contributed by atoms with Crippen LogP contribution in [0.3, 0.4) is 0 Å². The summed E-state index contributed by atoms with van der Waals surface area (Å²) in [6.07, 6.45) is 1.29. The lowest BCUT2D eigenvalue weighted by Crippen LogP contribution is -2.50. The fourth-order valence-electron chi connectivity index (χ4n) is 5.14. The molecule has 2 aromatic carbocycles. The zero-order valence-corrected chi connectivity index (χ0v) is 18.7. The van der Waals surface area contributed by atoms with Crippen molar-refractivity contribution < 1.29 is 14.3 Å². The molecule has 1 amide bonds. The molecule has 33 heavy (non-hydrogen) atoms. The number of rotatable bonds is 5. The van der Waals surface area contributed by atoms with Crippen molar-refractivity contribution in [3.8, 4) is 22.8 Å². The maximum atomic E-state index is 12.4. The van der Waals surface area contributed by atoms with Crippen molar-refractivity contribution in [1.82, 2.24) is 15.6 Å². The van der Waals surface area contributed by atoms with Crippen molar-refractivity contribution in [3.05, 3.63) is 48.5 Å². The predicted octanol–water partition coefficient (Wildman–Crippen LogP) is 2.83. The Balaban J connectivity index is 1.38. The van der Waals surface area contributed by atoms with Crippen molar-refractivity contribution in [3.63, 3.8) is 0 Å². The van der Waals surface area contributed by atoms with E-state index in [4.69, 9.17) is 14.5 Å². The number of nitrogens with one attached hydrogen (secondary N) is 2. The van der Waals surface area contributed by atoms with E-state index < -0.39 is 0 Å². The number of amides is 1. The maximum absolute atomic E-state index is 12.4. The summed E-state index contributed by atoms with van der Waals surface area (Å²) in [6.45, 7) is 4.21. The summed E-state index contributed by atoms with van der Waals surface area (Å²) in [7, 11) is 1.67. The molecule has 7 nitrogen and oxygen atoms in total. The summed E-state index contributed by atoms with van der Waals surface area (Å²) < 4.78 is 11.4. The van der Waals surface area contributed by atoms with Crippen LogP contribution in [0.4, 0.5) is 5.69 Å². The first-order chi connectivity index (χ1) is 16.2. The third-order valence-electron chi connectivity index (χ3n) is 7.12. The first-order valence-electron chi connectivity index (χ1n) is 11.7. The van der Waals surface area contributed by atoms with Gasteiger partial charge in [0.25, 0.3) is 0 Å². The van der Waals surface area contributed by atoms with Crippen LogP contribution < -0.4 is 25.0 Å². The lowest BCUT2D eigenvalue weighted by atomic mass is 9.89. The number of pyridine rings is 1. The van der Waals surface area contributed by atoms with Gasteiger partial charge >= 0.3 is 0 Å². The zero-order chi connectivity index (χ0) is 22.4. The van der Waals surface area contributed by atoms with E-state index in [1.165, 1.54) is 0 Å². The second kappa shape index (κ2) is 8.23. The number of piperidine rings is 1. The van der Waals surface area contributed by atoms with Crippen LogP contribution in [-0.2, 0) is 4.79 Å². The summed E-state index contributed by atoms with van der Waals surface area (Å²) >= 11 is 0. The van der Waals surface area contributed by atoms with E-state index in [2.05, 4.69) is 39.8 Å². The van der Waals surface area contributed by atoms with Gasteiger partial charge in [-0.05, 0) is 54.8 Å². The van der Waals surface area contributed by atoms with Gasteiger partial charge in [0.15, 0.2) is 0 Å². The molecule has 2 atom stereocenters. The zero-order valence-electron chi connectivity index (χ0n) is 18.7. The molecule has 3 fully saturated rings. The Bertz CT molecular complexity index is 1190. The monoisotopic (exact) mass is 444 g/mol. The van der Waals surface area contributed by atoms with Gasteiger partial charge in [0.05, 0.1) is 24.2 Å². The highest BCUT2D eigenvalue weighted by Crippen LogP contribution is 2.38. The van der Waals surface area contributed by atoms with Crippen molar-refractivity contribution in [2.45, 2.75) is 12.5 Å². The van der Waals surface area contributed by atoms with E-state index in [0.29, 0.717) is 5.92 Å². The van der Waals surface area contributed by atoms with Gasteiger partial charge in [-0.2, -0.15) is 0 Å². The quantitative estimate of drug-likeness (QED) is 0.630. The molecule has 0 saturated carbocycles. The maximum Gasteiger partial charge on any atom is 0.225 e. The molecule has 3 aromatic rings. The van der Waals surface area contributed by atoms with E-state index in [9.17, 15) is 4.79 Å². The molecule has 170 valence electrons. The highest BCUT2D eigenvalue weighted by molar-refractivity contribution is 5.95. The normalized spacial score (nSPS) is 22.6. The average molecular weight is 445 g/mol. The minimum absolute atomic E-state index is 0.0566. The number of carbonyl (C=O) groups is 1. The van der Waals surface area contributed by atoms with Crippen molar-refractivity contribution in [2.75, 3.05) is 44.7 Å². The van der Waals surface area contributed by atoms with Crippen LogP contribution in [0.1, 0.15) is 6.42 Å². The molecule has 2 unspecified atom stereocenters. The number of benzene rings is 2. The lowest BCUT2D eigenvalue weighted by molar-refractivity contribution is -0.127. The van der Waals surface area contributed by atoms with Crippen LogP contribution in [0.5, 0.6) is 11.5 Å². The summed E-state index contributed by atoms with van der Waals surface area (Å²) in [4.78, 5) is 19.8. The molecular formula is C26H28N4O3. The Morgan fingerprint density at radius 2 is 1.85 bits per heavy atom. The molecule has 7 heteroatoms. The first-order valence-corrected chi connectivity index (χ1v) is 11.7. The number of aromatic nitrogens is 1. The summed E-state index contributed by atoms with van der Waals surface area (Å²) in [5.74, 6) is 2.31. The summed E-state index contributed by atoms with van der Waals surface area (Å²) in [6, 6.07) is 16.4. The minimum atomic E-state index is 0.0566.